The Balaban J connectivity index is 2.00. The van der Waals surface area contributed by atoms with E-state index in [9.17, 15) is 13.2 Å². The highest BCUT2D eigenvalue weighted by atomic mass is 32.2. The molecule has 1 amide bonds. The van der Waals surface area contributed by atoms with Crippen LogP contribution in [0.5, 0.6) is 0 Å². The molecule has 1 aliphatic heterocycles. The first kappa shape index (κ1) is 21.4. The van der Waals surface area contributed by atoms with Crippen molar-refractivity contribution in [2.75, 3.05) is 20.0 Å². The van der Waals surface area contributed by atoms with Crippen LogP contribution >= 0.6 is 0 Å². The summed E-state index contributed by atoms with van der Waals surface area (Å²) < 4.78 is 37.1. The smallest absolute Gasteiger partial charge is 0.410 e. The molecule has 0 aromatic carbocycles. The Kier molecular flexibility index (Phi) is 7.33. The van der Waals surface area contributed by atoms with Crippen LogP contribution in [0.15, 0.2) is 0 Å². The van der Waals surface area contributed by atoms with Crippen molar-refractivity contribution in [2.24, 2.45) is 11.8 Å². The average Bonchev–Trinajstić information content (AvgIpc) is 2.85. The van der Waals surface area contributed by atoms with Crippen molar-refractivity contribution in [1.82, 2.24) is 9.62 Å². The Morgan fingerprint density at radius 1 is 1.23 bits per heavy atom. The molecule has 1 aliphatic carbocycles. The third-order valence-electron chi connectivity index (χ3n) is 5.81. The number of amides is 1. The summed E-state index contributed by atoms with van der Waals surface area (Å²) in [4.78, 5) is 13.8. The summed E-state index contributed by atoms with van der Waals surface area (Å²) in [7, 11) is -2.02. The van der Waals surface area contributed by atoms with Crippen LogP contribution in [0.25, 0.3) is 0 Å². The monoisotopic (exact) mass is 390 g/mol. The van der Waals surface area contributed by atoms with E-state index in [1.165, 1.54) is 7.11 Å². The third-order valence-corrected chi connectivity index (χ3v) is 6.54. The highest BCUT2D eigenvalue weighted by Crippen LogP contribution is 2.32. The second-order valence-electron chi connectivity index (χ2n) is 8.14. The van der Waals surface area contributed by atoms with E-state index < -0.39 is 16.1 Å². The van der Waals surface area contributed by atoms with Gasteiger partial charge in [-0.1, -0.05) is 13.8 Å². The van der Waals surface area contributed by atoms with Crippen LogP contribution in [0.3, 0.4) is 0 Å². The van der Waals surface area contributed by atoms with E-state index in [2.05, 4.69) is 18.6 Å². The summed E-state index contributed by atoms with van der Waals surface area (Å²) in [6.07, 6.45) is 5.80. The summed E-state index contributed by atoms with van der Waals surface area (Å²) in [6.45, 7) is 6.76. The van der Waals surface area contributed by atoms with Gasteiger partial charge in [-0.3, -0.25) is 4.90 Å². The summed E-state index contributed by atoms with van der Waals surface area (Å²) in [5.74, 6) is 1.46. The minimum Gasteiger partial charge on any atom is -0.453 e. The number of hydrogen-bond acceptors (Lipinski definition) is 5. The van der Waals surface area contributed by atoms with E-state index in [1.54, 1.807) is 4.90 Å². The molecule has 2 fully saturated rings. The van der Waals surface area contributed by atoms with E-state index >= 15 is 0 Å². The van der Waals surface area contributed by atoms with E-state index in [0.717, 1.165) is 37.9 Å². The summed E-state index contributed by atoms with van der Waals surface area (Å²) in [5.41, 5.74) is 0. The Morgan fingerprint density at radius 3 is 2.35 bits per heavy atom. The Hall–Kier alpha value is -0.860. The lowest BCUT2D eigenvalue weighted by Gasteiger charge is -2.34. The molecule has 0 radical (unpaired) electrons. The zero-order chi connectivity index (χ0) is 19.5. The fraction of sp³-hybridized carbons (Fsp3) is 0.944. The third kappa shape index (κ3) is 5.57. The first-order valence-electron chi connectivity index (χ1n) is 9.57. The second-order valence-corrected chi connectivity index (χ2v) is 9.92. The molecule has 1 saturated heterocycles. The minimum absolute atomic E-state index is 0.105. The summed E-state index contributed by atoms with van der Waals surface area (Å²) in [5, 5.41) is 0. The second kappa shape index (κ2) is 8.89. The predicted octanol–water partition coefficient (Wildman–Crippen LogP) is 2.36. The van der Waals surface area contributed by atoms with Crippen LogP contribution in [-0.4, -0.2) is 63.6 Å². The fourth-order valence-electron chi connectivity index (χ4n) is 4.33. The lowest BCUT2D eigenvalue weighted by molar-refractivity contribution is -0.0160. The lowest BCUT2D eigenvalue weighted by atomic mass is 9.80. The number of rotatable bonds is 6. The van der Waals surface area contributed by atoms with Gasteiger partial charge in [0.05, 0.1) is 32.1 Å². The average molecular weight is 391 g/mol. The lowest BCUT2D eigenvalue weighted by Crippen LogP contribution is -2.50. The van der Waals surface area contributed by atoms with Crippen LogP contribution in [0, 0.1) is 11.8 Å². The molecule has 2 rings (SSSR count). The van der Waals surface area contributed by atoms with Gasteiger partial charge in [0.25, 0.3) is 0 Å². The molecule has 7 nitrogen and oxygen atoms in total. The van der Waals surface area contributed by atoms with Crippen LogP contribution < -0.4 is 4.72 Å². The van der Waals surface area contributed by atoms with Gasteiger partial charge in [0, 0.05) is 12.1 Å². The maximum absolute atomic E-state index is 12.2. The van der Waals surface area contributed by atoms with Crippen molar-refractivity contribution in [2.45, 2.75) is 77.1 Å². The molecule has 26 heavy (non-hydrogen) atoms. The quantitative estimate of drug-likeness (QED) is 0.753. The van der Waals surface area contributed by atoms with Gasteiger partial charge in [-0.15, -0.1) is 0 Å². The Bertz CT molecular complexity index is 572. The number of nitrogens with zero attached hydrogens (tertiary/aromatic N) is 1. The zero-order valence-corrected chi connectivity index (χ0v) is 17.4. The zero-order valence-electron chi connectivity index (χ0n) is 16.6. The Labute approximate surface area is 157 Å². The molecule has 1 N–H and O–H groups in total. The maximum Gasteiger partial charge on any atom is 0.410 e. The summed E-state index contributed by atoms with van der Waals surface area (Å²) >= 11 is 0. The van der Waals surface area contributed by atoms with E-state index in [-0.39, 0.29) is 24.2 Å². The number of hydrogen-bond donors (Lipinski definition) is 1. The normalized spacial score (nSPS) is 32.8. The van der Waals surface area contributed by atoms with Crippen LogP contribution in [0.1, 0.15) is 52.9 Å². The number of ether oxygens (including phenoxy) is 2. The number of carbonyl (C=O) groups excluding carboxylic acids is 1. The number of nitrogens with one attached hydrogen (secondary N) is 1. The molecule has 0 aromatic heterocycles. The van der Waals surface area contributed by atoms with Gasteiger partial charge in [-0.25, -0.2) is 17.9 Å². The molecule has 3 atom stereocenters. The molecule has 1 saturated carbocycles. The topological polar surface area (TPSA) is 84.9 Å². The highest BCUT2D eigenvalue weighted by molar-refractivity contribution is 7.88. The van der Waals surface area contributed by atoms with Gasteiger partial charge in [0.15, 0.2) is 0 Å². The Morgan fingerprint density at radius 2 is 1.85 bits per heavy atom. The van der Waals surface area contributed by atoms with Gasteiger partial charge in [0.1, 0.15) is 0 Å². The van der Waals surface area contributed by atoms with Crippen molar-refractivity contribution >= 4 is 16.1 Å². The largest absolute Gasteiger partial charge is 0.453 e. The molecule has 0 spiro atoms. The van der Waals surface area contributed by atoms with Crippen molar-refractivity contribution in [3.05, 3.63) is 0 Å². The van der Waals surface area contributed by atoms with Crippen molar-refractivity contribution in [3.8, 4) is 0 Å². The molecule has 1 heterocycles. The van der Waals surface area contributed by atoms with Crippen LogP contribution in [-0.2, 0) is 19.5 Å². The summed E-state index contributed by atoms with van der Waals surface area (Å²) in [6, 6.07) is -0.812. The van der Waals surface area contributed by atoms with Crippen molar-refractivity contribution in [1.29, 1.82) is 0 Å². The van der Waals surface area contributed by atoms with Crippen molar-refractivity contribution in [3.63, 3.8) is 0 Å². The molecule has 0 aromatic rings. The standard InChI is InChI=1S/C18H34N2O5S/c1-12(2)14-6-8-15(9-7-14)25-11-17-16(19-26(5,22)23)10-13(3)20(17)18(21)24-4/h12-17,19H,6-11H2,1-5H3/t13-,14?,15?,16+,17+/m1/s1. The minimum atomic E-state index is -3.36. The maximum atomic E-state index is 12.2. The highest BCUT2D eigenvalue weighted by Gasteiger charge is 2.44. The molecule has 8 heteroatoms. The molecular formula is C18H34N2O5S. The van der Waals surface area contributed by atoms with Crippen LogP contribution in [0.2, 0.25) is 0 Å². The number of sulfonamides is 1. The van der Waals surface area contributed by atoms with Gasteiger partial charge in [-0.2, -0.15) is 0 Å². The molecular weight excluding hydrogens is 356 g/mol. The van der Waals surface area contributed by atoms with Gasteiger partial charge < -0.3 is 9.47 Å². The van der Waals surface area contributed by atoms with E-state index in [1.807, 2.05) is 6.92 Å². The van der Waals surface area contributed by atoms with Crippen molar-refractivity contribution < 1.29 is 22.7 Å². The molecule has 0 unspecified atom stereocenters. The van der Waals surface area contributed by atoms with E-state index in [4.69, 9.17) is 9.47 Å². The predicted molar refractivity (Wildman–Crippen MR) is 100 cm³/mol. The fourth-order valence-corrected chi connectivity index (χ4v) is 5.14. The number of likely N-dealkylation sites (tertiary alicyclic amines) is 1. The SMILES string of the molecule is COC(=O)N1[C@H](C)C[C@H](NS(C)(=O)=O)[C@@H]1COC1CCC(C(C)C)CC1. The number of methoxy groups -OCH3 is 1. The van der Waals surface area contributed by atoms with E-state index in [0.29, 0.717) is 18.9 Å². The first-order valence-corrected chi connectivity index (χ1v) is 11.5. The molecule has 2 aliphatic rings. The van der Waals surface area contributed by atoms with Crippen LogP contribution in [0.4, 0.5) is 4.79 Å². The molecule has 152 valence electrons. The van der Waals surface area contributed by atoms with Gasteiger partial charge >= 0.3 is 6.09 Å². The molecule has 0 bridgehead atoms. The van der Waals surface area contributed by atoms with Gasteiger partial charge in [-0.05, 0) is 50.9 Å². The van der Waals surface area contributed by atoms with Gasteiger partial charge in [0.2, 0.25) is 10.0 Å². The number of carbonyl (C=O) groups is 1. The first-order chi connectivity index (χ1) is 12.1.